The van der Waals surface area contributed by atoms with Gasteiger partial charge in [-0.05, 0) is 26.0 Å². The van der Waals surface area contributed by atoms with Crippen LogP contribution in [-0.2, 0) is 11.3 Å². The first kappa shape index (κ1) is 14.5. The Labute approximate surface area is 109 Å². The van der Waals surface area contributed by atoms with Gasteiger partial charge in [0.25, 0.3) is 0 Å². The van der Waals surface area contributed by atoms with E-state index in [1.165, 1.54) is 6.92 Å². The first-order valence-corrected chi connectivity index (χ1v) is 6.22. The standard InChI is InChI=1S/C11H16N2O4S/c1-6-3-4-8(18-6)5-12-11(17)13-9(7(2)14)10(15)16/h3-4,7,9,14H,5H2,1-2H3,(H,15,16)(H2,12,13,17). The molecule has 0 fully saturated rings. The van der Waals surface area contributed by atoms with Gasteiger partial charge in [-0.2, -0.15) is 0 Å². The second-order valence-electron chi connectivity index (χ2n) is 3.90. The maximum absolute atomic E-state index is 11.5. The number of nitrogens with one attached hydrogen (secondary N) is 2. The molecule has 0 aliphatic rings. The minimum Gasteiger partial charge on any atom is -0.480 e. The molecule has 2 atom stereocenters. The number of hydrogen-bond acceptors (Lipinski definition) is 4. The Hall–Kier alpha value is -1.60. The fourth-order valence-corrected chi connectivity index (χ4v) is 2.16. The number of carboxylic acids is 1. The van der Waals surface area contributed by atoms with Crippen molar-refractivity contribution >= 4 is 23.3 Å². The average molecular weight is 272 g/mol. The van der Waals surface area contributed by atoms with E-state index < -0.39 is 24.1 Å². The molecule has 0 aromatic carbocycles. The zero-order valence-electron chi connectivity index (χ0n) is 10.1. The molecule has 0 radical (unpaired) electrons. The van der Waals surface area contributed by atoms with Gasteiger partial charge < -0.3 is 20.8 Å². The number of rotatable bonds is 5. The third kappa shape index (κ3) is 4.34. The minimum atomic E-state index is -1.31. The van der Waals surface area contributed by atoms with Crippen LogP contribution >= 0.6 is 11.3 Å². The Morgan fingerprint density at radius 3 is 2.56 bits per heavy atom. The SMILES string of the molecule is Cc1ccc(CNC(=O)NC(C(=O)O)C(C)O)s1. The van der Waals surface area contributed by atoms with Crippen LogP contribution in [0, 0.1) is 6.92 Å². The molecule has 18 heavy (non-hydrogen) atoms. The molecule has 100 valence electrons. The number of carboxylic acid groups (broad SMARTS) is 1. The van der Waals surface area contributed by atoms with E-state index in [1.54, 1.807) is 11.3 Å². The van der Waals surface area contributed by atoms with Crippen LogP contribution in [0.15, 0.2) is 12.1 Å². The number of urea groups is 1. The highest BCUT2D eigenvalue weighted by molar-refractivity contribution is 7.11. The van der Waals surface area contributed by atoms with Crippen LogP contribution in [0.4, 0.5) is 4.79 Å². The van der Waals surface area contributed by atoms with Crippen LogP contribution in [0.1, 0.15) is 16.7 Å². The second kappa shape index (κ2) is 6.36. The number of carbonyl (C=O) groups is 2. The minimum absolute atomic E-state index is 0.330. The van der Waals surface area contributed by atoms with Crippen LogP contribution in [-0.4, -0.2) is 34.4 Å². The molecule has 2 amide bonds. The van der Waals surface area contributed by atoms with Crippen LogP contribution in [0.3, 0.4) is 0 Å². The predicted octanol–water partition coefficient (Wildman–Crippen LogP) is 0.690. The fraction of sp³-hybridized carbons (Fsp3) is 0.455. The summed E-state index contributed by atoms with van der Waals surface area (Å²) in [4.78, 5) is 24.3. The van der Waals surface area contributed by atoms with Gasteiger partial charge in [0.2, 0.25) is 0 Å². The van der Waals surface area contributed by atoms with Gasteiger partial charge in [0, 0.05) is 9.75 Å². The van der Waals surface area contributed by atoms with Gasteiger partial charge in [0.1, 0.15) is 0 Å². The van der Waals surface area contributed by atoms with E-state index in [9.17, 15) is 14.7 Å². The maximum Gasteiger partial charge on any atom is 0.328 e. The molecule has 2 unspecified atom stereocenters. The van der Waals surface area contributed by atoms with Crippen molar-refractivity contribution in [1.82, 2.24) is 10.6 Å². The predicted molar refractivity (Wildman–Crippen MR) is 67.5 cm³/mol. The van der Waals surface area contributed by atoms with E-state index in [-0.39, 0.29) is 0 Å². The Balaban J connectivity index is 2.43. The molecule has 4 N–H and O–H groups in total. The first-order chi connectivity index (χ1) is 8.40. The zero-order valence-corrected chi connectivity index (χ0v) is 11.0. The number of amides is 2. The molecule has 1 rings (SSSR count). The number of carbonyl (C=O) groups excluding carboxylic acids is 1. The normalized spacial score (nSPS) is 13.7. The van der Waals surface area contributed by atoms with Crippen LogP contribution < -0.4 is 10.6 Å². The van der Waals surface area contributed by atoms with E-state index in [4.69, 9.17) is 5.11 Å². The molecule has 0 saturated heterocycles. The highest BCUT2D eigenvalue weighted by atomic mass is 32.1. The molecular formula is C11H16N2O4S. The van der Waals surface area contributed by atoms with Gasteiger partial charge in [0.15, 0.2) is 6.04 Å². The van der Waals surface area contributed by atoms with Crippen molar-refractivity contribution in [3.63, 3.8) is 0 Å². The lowest BCUT2D eigenvalue weighted by atomic mass is 10.2. The lowest BCUT2D eigenvalue weighted by molar-refractivity contribution is -0.141. The summed E-state index contributed by atoms with van der Waals surface area (Å²) in [5.41, 5.74) is 0. The summed E-state index contributed by atoms with van der Waals surface area (Å²) in [6, 6.07) is 1.91. The number of hydrogen-bond donors (Lipinski definition) is 4. The summed E-state index contributed by atoms with van der Waals surface area (Å²) in [6.07, 6.45) is -1.16. The molecule has 0 aliphatic heterocycles. The van der Waals surface area contributed by atoms with E-state index in [0.29, 0.717) is 6.54 Å². The third-order valence-corrected chi connectivity index (χ3v) is 3.25. The van der Waals surface area contributed by atoms with Crippen LogP contribution in [0.5, 0.6) is 0 Å². The summed E-state index contributed by atoms with van der Waals surface area (Å²) >= 11 is 1.55. The van der Waals surface area contributed by atoms with Crippen molar-refractivity contribution in [2.45, 2.75) is 32.5 Å². The van der Waals surface area contributed by atoms with Gasteiger partial charge in [-0.3, -0.25) is 0 Å². The van der Waals surface area contributed by atoms with Gasteiger partial charge in [-0.25, -0.2) is 9.59 Å². The van der Waals surface area contributed by atoms with Crippen molar-refractivity contribution < 1.29 is 19.8 Å². The second-order valence-corrected chi connectivity index (χ2v) is 5.27. The number of aliphatic hydroxyl groups excluding tert-OH is 1. The lowest BCUT2D eigenvalue weighted by Crippen LogP contribution is -2.50. The highest BCUT2D eigenvalue weighted by Crippen LogP contribution is 2.14. The molecule has 7 heteroatoms. The van der Waals surface area contributed by atoms with Crippen molar-refractivity contribution in [1.29, 1.82) is 0 Å². The summed E-state index contributed by atoms with van der Waals surface area (Å²) < 4.78 is 0. The summed E-state index contributed by atoms with van der Waals surface area (Å²) in [5, 5.41) is 22.7. The number of aliphatic hydroxyl groups is 1. The molecule has 0 aliphatic carbocycles. The largest absolute Gasteiger partial charge is 0.480 e. The smallest absolute Gasteiger partial charge is 0.328 e. The molecule has 0 saturated carbocycles. The number of thiophene rings is 1. The summed E-state index contributed by atoms with van der Waals surface area (Å²) in [6.45, 7) is 3.60. The third-order valence-electron chi connectivity index (χ3n) is 2.25. The first-order valence-electron chi connectivity index (χ1n) is 5.40. The van der Waals surface area contributed by atoms with Crippen molar-refractivity contribution in [2.75, 3.05) is 0 Å². The van der Waals surface area contributed by atoms with Crippen LogP contribution in [0.2, 0.25) is 0 Å². The van der Waals surface area contributed by atoms with E-state index in [2.05, 4.69) is 10.6 Å². The van der Waals surface area contributed by atoms with Crippen molar-refractivity contribution in [2.24, 2.45) is 0 Å². The molecule has 0 bridgehead atoms. The summed E-state index contributed by atoms with van der Waals surface area (Å²) in [7, 11) is 0. The van der Waals surface area contributed by atoms with E-state index in [1.807, 2.05) is 19.1 Å². The molecule has 1 aromatic heterocycles. The van der Waals surface area contributed by atoms with Crippen LogP contribution in [0.25, 0.3) is 0 Å². The average Bonchev–Trinajstić information content (AvgIpc) is 2.68. The van der Waals surface area contributed by atoms with Gasteiger partial charge in [0.05, 0.1) is 12.6 Å². The Morgan fingerprint density at radius 1 is 1.44 bits per heavy atom. The molecule has 1 heterocycles. The zero-order chi connectivity index (χ0) is 13.7. The topological polar surface area (TPSA) is 98.7 Å². The molecule has 1 aromatic rings. The quantitative estimate of drug-likeness (QED) is 0.633. The lowest BCUT2D eigenvalue weighted by Gasteiger charge is -2.17. The Bertz CT molecular complexity index is 430. The van der Waals surface area contributed by atoms with Crippen molar-refractivity contribution in [3.05, 3.63) is 21.9 Å². The van der Waals surface area contributed by atoms with E-state index >= 15 is 0 Å². The summed E-state index contributed by atoms with van der Waals surface area (Å²) in [5.74, 6) is -1.27. The van der Waals surface area contributed by atoms with Gasteiger partial charge >= 0.3 is 12.0 Å². The Morgan fingerprint density at radius 2 is 2.11 bits per heavy atom. The monoisotopic (exact) mass is 272 g/mol. The number of aryl methyl sites for hydroxylation is 1. The van der Waals surface area contributed by atoms with Gasteiger partial charge in [-0.15, -0.1) is 11.3 Å². The van der Waals surface area contributed by atoms with E-state index in [0.717, 1.165) is 9.75 Å². The molecular weight excluding hydrogens is 256 g/mol. The van der Waals surface area contributed by atoms with Crippen molar-refractivity contribution in [3.8, 4) is 0 Å². The van der Waals surface area contributed by atoms with Gasteiger partial charge in [-0.1, -0.05) is 0 Å². The molecule has 0 spiro atoms. The Kier molecular flexibility index (Phi) is 5.11. The molecule has 6 nitrogen and oxygen atoms in total. The highest BCUT2D eigenvalue weighted by Gasteiger charge is 2.24. The number of aliphatic carboxylic acids is 1. The fourth-order valence-electron chi connectivity index (χ4n) is 1.33. The maximum atomic E-state index is 11.5.